The lowest BCUT2D eigenvalue weighted by molar-refractivity contribution is 0.494. The summed E-state index contributed by atoms with van der Waals surface area (Å²) in [7, 11) is 0. The van der Waals surface area contributed by atoms with E-state index in [9.17, 15) is 4.39 Å². The first kappa shape index (κ1) is 10.9. The molecule has 2 aromatic rings. The van der Waals surface area contributed by atoms with Gasteiger partial charge < -0.3 is 0 Å². The molecular weight excluding hydrogens is 199 g/mol. The minimum absolute atomic E-state index is 0.303. The van der Waals surface area contributed by atoms with Gasteiger partial charge in [0.15, 0.2) is 0 Å². The summed E-state index contributed by atoms with van der Waals surface area (Å²) >= 11 is 0. The van der Waals surface area contributed by atoms with Gasteiger partial charge in [-0.2, -0.15) is 0 Å². The molecule has 0 atom stereocenters. The molecular formula is C15H15F. The van der Waals surface area contributed by atoms with Crippen LogP contribution in [0.15, 0.2) is 49.1 Å². The second-order valence-corrected chi connectivity index (χ2v) is 3.90. The van der Waals surface area contributed by atoms with E-state index in [1.165, 1.54) is 16.3 Å². The molecule has 0 aliphatic heterocycles. The zero-order valence-electron chi connectivity index (χ0n) is 9.25. The van der Waals surface area contributed by atoms with Gasteiger partial charge in [-0.05, 0) is 28.3 Å². The highest BCUT2D eigenvalue weighted by atomic mass is 19.1. The van der Waals surface area contributed by atoms with Gasteiger partial charge in [0, 0.05) is 6.42 Å². The van der Waals surface area contributed by atoms with E-state index < -0.39 is 0 Å². The zero-order chi connectivity index (χ0) is 11.4. The summed E-state index contributed by atoms with van der Waals surface area (Å²) in [4.78, 5) is 0. The predicted molar refractivity (Wildman–Crippen MR) is 67.5 cm³/mol. The lowest BCUT2D eigenvalue weighted by Crippen LogP contribution is -1.95. The van der Waals surface area contributed by atoms with Crippen molar-refractivity contribution in [3.63, 3.8) is 0 Å². The van der Waals surface area contributed by atoms with E-state index >= 15 is 0 Å². The quantitative estimate of drug-likeness (QED) is 0.673. The molecule has 1 heteroatoms. The second-order valence-electron chi connectivity index (χ2n) is 3.90. The minimum atomic E-state index is -0.303. The van der Waals surface area contributed by atoms with Crippen LogP contribution in [0, 0.1) is 0 Å². The lowest BCUT2D eigenvalue weighted by Gasteiger charge is -2.08. The number of aryl methyl sites for hydroxylation is 1. The summed E-state index contributed by atoms with van der Waals surface area (Å²) in [5.41, 5.74) is 2.28. The van der Waals surface area contributed by atoms with Gasteiger partial charge in [0.05, 0.1) is 6.67 Å². The van der Waals surface area contributed by atoms with Gasteiger partial charge in [-0.1, -0.05) is 42.5 Å². The van der Waals surface area contributed by atoms with E-state index in [2.05, 4.69) is 30.8 Å². The van der Waals surface area contributed by atoms with Crippen molar-refractivity contribution in [2.45, 2.75) is 12.8 Å². The molecule has 0 saturated carbocycles. The molecule has 2 aromatic carbocycles. The van der Waals surface area contributed by atoms with Crippen LogP contribution >= 0.6 is 0 Å². The smallest absolute Gasteiger partial charge is 0.0934 e. The number of hydrogen-bond donors (Lipinski definition) is 0. The third-order valence-electron chi connectivity index (χ3n) is 2.80. The van der Waals surface area contributed by atoms with E-state index in [1.54, 1.807) is 0 Å². The van der Waals surface area contributed by atoms with Gasteiger partial charge in [0.2, 0.25) is 0 Å². The fourth-order valence-electron chi connectivity index (χ4n) is 2.01. The number of hydrogen-bond acceptors (Lipinski definition) is 0. The third-order valence-corrected chi connectivity index (χ3v) is 2.80. The molecule has 0 radical (unpaired) electrons. The highest BCUT2D eigenvalue weighted by molar-refractivity contribution is 5.84. The zero-order valence-corrected chi connectivity index (χ0v) is 9.25. The van der Waals surface area contributed by atoms with Crippen LogP contribution in [0.5, 0.6) is 0 Å². The van der Waals surface area contributed by atoms with Crippen molar-refractivity contribution in [3.8, 4) is 0 Å². The Kier molecular flexibility index (Phi) is 3.35. The number of benzene rings is 2. The SMILES string of the molecule is C=CCc1cc2ccccc2cc1CCF. The van der Waals surface area contributed by atoms with Crippen LogP contribution in [0.25, 0.3) is 10.8 Å². The monoisotopic (exact) mass is 214 g/mol. The summed E-state index contributed by atoms with van der Waals surface area (Å²) in [6, 6.07) is 12.4. The molecule has 0 aromatic heterocycles. The normalized spacial score (nSPS) is 10.6. The van der Waals surface area contributed by atoms with Crippen molar-refractivity contribution in [2.24, 2.45) is 0 Å². The van der Waals surface area contributed by atoms with Crippen molar-refractivity contribution >= 4 is 10.8 Å². The van der Waals surface area contributed by atoms with Gasteiger partial charge >= 0.3 is 0 Å². The number of fused-ring (bicyclic) bond motifs is 1. The van der Waals surface area contributed by atoms with Crippen molar-refractivity contribution in [2.75, 3.05) is 6.67 Å². The van der Waals surface area contributed by atoms with Gasteiger partial charge in [0.1, 0.15) is 0 Å². The molecule has 82 valence electrons. The average Bonchev–Trinajstić information content (AvgIpc) is 2.30. The van der Waals surface area contributed by atoms with E-state index in [1.807, 2.05) is 18.2 Å². The molecule has 0 bridgehead atoms. The van der Waals surface area contributed by atoms with Crippen LogP contribution < -0.4 is 0 Å². The molecule has 16 heavy (non-hydrogen) atoms. The van der Waals surface area contributed by atoms with Gasteiger partial charge in [0.25, 0.3) is 0 Å². The van der Waals surface area contributed by atoms with E-state index in [-0.39, 0.29) is 6.67 Å². The second kappa shape index (κ2) is 4.93. The van der Waals surface area contributed by atoms with Crippen LogP contribution in [-0.4, -0.2) is 6.67 Å². The van der Waals surface area contributed by atoms with Crippen LogP contribution in [-0.2, 0) is 12.8 Å². The largest absolute Gasteiger partial charge is 0.251 e. The van der Waals surface area contributed by atoms with E-state index in [0.29, 0.717) is 6.42 Å². The van der Waals surface area contributed by atoms with Gasteiger partial charge in [-0.15, -0.1) is 6.58 Å². The molecule has 0 unspecified atom stereocenters. The van der Waals surface area contributed by atoms with Gasteiger partial charge in [-0.25, -0.2) is 0 Å². The van der Waals surface area contributed by atoms with Crippen molar-refractivity contribution in [1.29, 1.82) is 0 Å². The van der Waals surface area contributed by atoms with Crippen molar-refractivity contribution in [3.05, 3.63) is 60.2 Å². The van der Waals surface area contributed by atoms with Gasteiger partial charge in [-0.3, -0.25) is 4.39 Å². The maximum atomic E-state index is 12.5. The Hall–Kier alpha value is -1.63. The predicted octanol–water partition coefficient (Wildman–Crippen LogP) is 4.08. The van der Waals surface area contributed by atoms with E-state index in [0.717, 1.165) is 12.0 Å². The average molecular weight is 214 g/mol. The third kappa shape index (κ3) is 2.13. The molecule has 0 amide bonds. The van der Waals surface area contributed by atoms with Crippen LogP contribution in [0.4, 0.5) is 4.39 Å². The summed E-state index contributed by atoms with van der Waals surface area (Å²) in [5.74, 6) is 0. The first-order valence-corrected chi connectivity index (χ1v) is 5.52. The minimum Gasteiger partial charge on any atom is -0.251 e. The summed E-state index contributed by atoms with van der Waals surface area (Å²) < 4.78 is 12.5. The summed E-state index contributed by atoms with van der Waals surface area (Å²) in [6.45, 7) is 3.44. The van der Waals surface area contributed by atoms with Crippen molar-refractivity contribution < 1.29 is 4.39 Å². The summed E-state index contributed by atoms with van der Waals surface area (Å²) in [5, 5.41) is 2.39. The topological polar surface area (TPSA) is 0 Å². The standard InChI is InChI=1S/C15H15F/c1-2-5-12-10-13-6-3-4-7-14(13)11-15(12)8-9-16/h2-4,6-7,10-11H,1,5,8-9H2. The highest BCUT2D eigenvalue weighted by Crippen LogP contribution is 2.21. The Bertz CT molecular complexity index is 500. The van der Waals surface area contributed by atoms with Crippen molar-refractivity contribution in [1.82, 2.24) is 0 Å². The first-order valence-electron chi connectivity index (χ1n) is 5.52. The number of halogens is 1. The molecule has 0 saturated heterocycles. The molecule has 0 spiro atoms. The first-order chi connectivity index (χ1) is 7.85. The fraction of sp³-hybridized carbons (Fsp3) is 0.200. The molecule has 0 N–H and O–H groups in total. The van der Waals surface area contributed by atoms with Crippen LogP contribution in [0.1, 0.15) is 11.1 Å². The van der Waals surface area contributed by atoms with Crippen LogP contribution in [0.3, 0.4) is 0 Å². The molecule has 0 heterocycles. The summed E-state index contributed by atoms with van der Waals surface area (Å²) in [6.07, 6.45) is 3.17. The Morgan fingerprint density at radius 3 is 2.25 bits per heavy atom. The van der Waals surface area contributed by atoms with E-state index in [4.69, 9.17) is 0 Å². The highest BCUT2D eigenvalue weighted by Gasteiger charge is 2.03. The number of allylic oxidation sites excluding steroid dienone is 1. The Balaban J connectivity index is 2.55. The Morgan fingerprint density at radius 2 is 1.69 bits per heavy atom. The molecule has 2 rings (SSSR count). The Morgan fingerprint density at radius 1 is 1.06 bits per heavy atom. The lowest BCUT2D eigenvalue weighted by atomic mass is 9.97. The molecule has 0 nitrogen and oxygen atoms in total. The maximum absolute atomic E-state index is 12.5. The maximum Gasteiger partial charge on any atom is 0.0934 e. The number of rotatable bonds is 4. The molecule has 0 fully saturated rings. The molecule has 0 aliphatic rings. The van der Waals surface area contributed by atoms with Crippen LogP contribution in [0.2, 0.25) is 0 Å². The number of alkyl halides is 1. The molecule has 0 aliphatic carbocycles. The Labute approximate surface area is 95.4 Å². The fourth-order valence-corrected chi connectivity index (χ4v) is 2.01.